The molecule has 0 nitrogen and oxygen atoms in total. The Balaban J connectivity index is 1.58. The maximum Gasteiger partial charge on any atom is -0.00798 e. The van der Waals surface area contributed by atoms with E-state index in [9.17, 15) is 0 Å². The zero-order valence-electron chi connectivity index (χ0n) is 21.7. The van der Waals surface area contributed by atoms with Crippen LogP contribution in [0.5, 0.6) is 0 Å². The van der Waals surface area contributed by atoms with Crippen molar-refractivity contribution in [3.05, 3.63) is 11.6 Å². The Labute approximate surface area is 189 Å². The van der Waals surface area contributed by atoms with Crippen LogP contribution < -0.4 is 0 Å². The third-order valence-corrected chi connectivity index (χ3v) is 11.7. The van der Waals surface area contributed by atoms with Crippen molar-refractivity contribution < 1.29 is 0 Å². The molecule has 0 aromatic heterocycles. The Morgan fingerprint density at radius 3 is 2.23 bits per heavy atom. The first-order valence-corrected chi connectivity index (χ1v) is 13.7. The first-order chi connectivity index (χ1) is 14.0. The molecule has 0 N–H and O–H groups in total. The standard InChI is InChI=1S/C30H52/c1-21(2)11-9-12-22(3)23-15-19-30(8)25-13-14-26-27(4,5)17-10-18-28(26,6)24(25)16-20-29(23,30)7/h14,21-25H,9-13,15-20H2,1-8H3/t22-,23-,24+,25-,28-,29-,30+/m1/s1. The summed E-state index contributed by atoms with van der Waals surface area (Å²) in [5.41, 5.74) is 3.89. The molecule has 0 aromatic carbocycles. The molecule has 4 rings (SSSR count). The smallest absolute Gasteiger partial charge is 0.00798 e. The first kappa shape index (κ1) is 22.9. The Kier molecular flexibility index (Phi) is 5.85. The molecule has 3 saturated carbocycles. The molecule has 172 valence electrons. The van der Waals surface area contributed by atoms with E-state index in [1.807, 2.05) is 5.57 Å². The minimum atomic E-state index is 0.433. The average molecular weight is 413 g/mol. The van der Waals surface area contributed by atoms with Crippen molar-refractivity contribution >= 4 is 0 Å². The van der Waals surface area contributed by atoms with E-state index in [2.05, 4.69) is 61.5 Å². The van der Waals surface area contributed by atoms with Crippen LogP contribution in [0.15, 0.2) is 11.6 Å². The molecule has 0 amide bonds. The van der Waals surface area contributed by atoms with Crippen molar-refractivity contribution in [1.82, 2.24) is 0 Å². The van der Waals surface area contributed by atoms with Gasteiger partial charge in [0.05, 0.1) is 0 Å². The predicted molar refractivity (Wildman–Crippen MR) is 131 cm³/mol. The average Bonchev–Trinajstić information content (AvgIpc) is 2.92. The number of allylic oxidation sites excluding steroid dienone is 2. The van der Waals surface area contributed by atoms with E-state index in [-0.39, 0.29) is 0 Å². The van der Waals surface area contributed by atoms with Crippen molar-refractivity contribution in [2.45, 2.75) is 126 Å². The van der Waals surface area contributed by atoms with Crippen LogP contribution in [0.1, 0.15) is 126 Å². The van der Waals surface area contributed by atoms with Crippen LogP contribution in [-0.2, 0) is 0 Å². The molecule has 0 heteroatoms. The summed E-state index contributed by atoms with van der Waals surface area (Å²) in [6.45, 7) is 20.6. The Morgan fingerprint density at radius 1 is 0.833 bits per heavy atom. The molecule has 0 unspecified atom stereocenters. The van der Waals surface area contributed by atoms with Gasteiger partial charge in [0.25, 0.3) is 0 Å². The van der Waals surface area contributed by atoms with Gasteiger partial charge in [0.1, 0.15) is 0 Å². The fourth-order valence-electron chi connectivity index (χ4n) is 9.89. The molecule has 0 aliphatic heterocycles. The SMILES string of the molecule is CC(C)CCC[C@@H](C)[C@H]1CC[C@@]2(C)[C@@H]3CC=C4C(C)(C)CCC[C@]4(C)[C@H]3CC[C@]12C. The summed E-state index contributed by atoms with van der Waals surface area (Å²) in [7, 11) is 0. The molecule has 0 heterocycles. The van der Waals surface area contributed by atoms with Crippen LogP contribution in [0, 0.1) is 51.2 Å². The predicted octanol–water partition coefficient (Wildman–Crippen LogP) is 9.44. The van der Waals surface area contributed by atoms with Crippen LogP contribution in [0.2, 0.25) is 0 Å². The maximum absolute atomic E-state index is 2.77. The molecule has 3 fully saturated rings. The molecule has 4 aliphatic carbocycles. The van der Waals surface area contributed by atoms with Crippen LogP contribution in [0.4, 0.5) is 0 Å². The molecule has 0 aromatic rings. The zero-order valence-corrected chi connectivity index (χ0v) is 21.7. The van der Waals surface area contributed by atoms with E-state index < -0.39 is 0 Å². The van der Waals surface area contributed by atoms with Gasteiger partial charge in [0.2, 0.25) is 0 Å². The first-order valence-electron chi connectivity index (χ1n) is 13.7. The van der Waals surface area contributed by atoms with Gasteiger partial charge >= 0.3 is 0 Å². The van der Waals surface area contributed by atoms with Gasteiger partial charge in [-0.2, -0.15) is 0 Å². The molecular weight excluding hydrogens is 360 g/mol. The largest absolute Gasteiger partial charge is 0.0839 e. The highest BCUT2D eigenvalue weighted by Gasteiger charge is 2.65. The lowest BCUT2D eigenvalue weighted by molar-refractivity contribution is -0.115. The summed E-state index contributed by atoms with van der Waals surface area (Å²) in [5.74, 6) is 4.58. The fourth-order valence-corrected chi connectivity index (χ4v) is 9.89. The van der Waals surface area contributed by atoms with Crippen molar-refractivity contribution in [2.24, 2.45) is 51.2 Å². The summed E-state index contributed by atoms with van der Waals surface area (Å²) in [6, 6.07) is 0. The number of hydrogen-bond acceptors (Lipinski definition) is 0. The zero-order chi connectivity index (χ0) is 21.9. The van der Waals surface area contributed by atoms with Crippen LogP contribution in [0.25, 0.3) is 0 Å². The van der Waals surface area contributed by atoms with Crippen LogP contribution in [-0.4, -0.2) is 0 Å². The lowest BCUT2D eigenvalue weighted by Crippen LogP contribution is -2.56. The number of hydrogen-bond donors (Lipinski definition) is 0. The number of rotatable bonds is 5. The third-order valence-electron chi connectivity index (χ3n) is 11.7. The Bertz CT molecular complexity index is 668. The van der Waals surface area contributed by atoms with Crippen LogP contribution in [0.3, 0.4) is 0 Å². The topological polar surface area (TPSA) is 0 Å². The third kappa shape index (κ3) is 3.28. The summed E-state index contributed by atoms with van der Waals surface area (Å²) in [4.78, 5) is 0. The van der Waals surface area contributed by atoms with Gasteiger partial charge in [-0.1, -0.05) is 92.7 Å². The Morgan fingerprint density at radius 2 is 1.53 bits per heavy atom. The van der Waals surface area contributed by atoms with Gasteiger partial charge < -0.3 is 0 Å². The van der Waals surface area contributed by atoms with E-state index in [0.717, 1.165) is 29.6 Å². The number of fused-ring (bicyclic) bond motifs is 5. The van der Waals surface area contributed by atoms with Gasteiger partial charge in [0.15, 0.2) is 0 Å². The molecule has 7 atom stereocenters. The monoisotopic (exact) mass is 412 g/mol. The second-order valence-electron chi connectivity index (χ2n) is 14.0. The van der Waals surface area contributed by atoms with Gasteiger partial charge in [-0.05, 0) is 96.2 Å². The fraction of sp³-hybridized carbons (Fsp3) is 0.933. The second kappa shape index (κ2) is 7.66. The quantitative estimate of drug-likeness (QED) is 0.394. The molecule has 0 spiro atoms. The van der Waals surface area contributed by atoms with Gasteiger partial charge in [-0.25, -0.2) is 0 Å². The van der Waals surface area contributed by atoms with Crippen molar-refractivity contribution in [3.8, 4) is 0 Å². The minimum absolute atomic E-state index is 0.433. The Hall–Kier alpha value is -0.260. The van der Waals surface area contributed by atoms with E-state index in [1.54, 1.807) is 0 Å². The summed E-state index contributed by atoms with van der Waals surface area (Å²) < 4.78 is 0. The van der Waals surface area contributed by atoms with Crippen molar-refractivity contribution in [1.29, 1.82) is 0 Å². The van der Waals surface area contributed by atoms with Gasteiger partial charge in [0, 0.05) is 0 Å². The van der Waals surface area contributed by atoms with Gasteiger partial charge in [-0.15, -0.1) is 0 Å². The molecule has 0 saturated heterocycles. The molecule has 30 heavy (non-hydrogen) atoms. The molecule has 0 bridgehead atoms. The highest BCUT2D eigenvalue weighted by Crippen LogP contribution is 2.73. The summed E-state index contributed by atoms with van der Waals surface area (Å²) in [5, 5.41) is 0. The molecule has 4 aliphatic rings. The highest BCUT2D eigenvalue weighted by molar-refractivity contribution is 5.30. The van der Waals surface area contributed by atoms with Gasteiger partial charge in [-0.3, -0.25) is 0 Å². The van der Waals surface area contributed by atoms with Crippen LogP contribution >= 0.6 is 0 Å². The van der Waals surface area contributed by atoms with Crippen molar-refractivity contribution in [3.63, 3.8) is 0 Å². The minimum Gasteiger partial charge on any atom is -0.0839 e. The molecular formula is C30H52. The summed E-state index contributed by atoms with van der Waals surface area (Å²) in [6.07, 6.45) is 18.7. The summed E-state index contributed by atoms with van der Waals surface area (Å²) >= 11 is 0. The van der Waals surface area contributed by atoms with Crippen molar-refractivity contribution in [2.75, 3.05) is 0 Å². The maximum atomic E-state index is 2.77. The van der Waals surface area contributed by atoms with E-state index >= 15 is 0 Å². The molecule has 0 radical (unpaired) electrons. The lowest BCUT2D eigenvalue weighted by Gasteiger charge is -2.64. The lowest BCUT2D eigenvalue weighted by atomic mass is 9.40. The van der Waals surface area contributed by atoms with E-state index in [0.29, 0.717) is 21.7 Å². The van der Waals surface area contributed by atoms with E-state index in [4.69, 9.17) is 0 Å². The normalized spacial score (nSPS) is 46.0. The second-order valence-corrected chi connectivity index (χ2v) is 14.0. The highest BCUT2D eigenvalue weighted by atomic mass is 14.7. The van der Waals surface area contributed by atoms with E-state index in [1.165, 1.54) is 70.6 Å².